The summed E-state index contributed by atoms with van der Waals surface area (Å²) in [5.74, 6) is 0.953. The van der Waals surface area contributed by atoms with Crippen LogP contribution in [0.15, 0.2) is 66.7 Å². The van der Waals surface area contributed by atoms with Crippen LogP contribution in [-0.2, 0) is 11.3 Å². The molecule has 6 rings (SSSR count). The minimum absolute atomic E-state index is 0.0369. The predicted molar refractivity (Wildman–Crippen MR) is 180 cm³/mol. The summed E-state index contributed by atoms with van der Waals surface area (Å²) in [5.41, 5.74) is 6.25. The second-order valence-corrected chi connectivity index (χ2v) is 12.5. The average molecular weight is 595 g/mol. The number of aromatic nitrogens is 2. The fourth-order valence-corrected chi connectivity index (χ4v) is 6.74. The minimum Gasteiger partial charge on any atom is -0.379 e. The Labute approximate surface area is 261 Å². The van der Waals surface area contributed by atoms with Crippen LogP contribution in [0.5, 0.6) is 0 Å². The van der Waals surface area contributed by atoms with E-state index in [2.05, 4.69) is 101 Å². The third-order valence-electron chi connectivity index (χ3n) is 9.23. The number of anilines is 2. The molecule has 4 aromatic rings. The Bertz CT molecular complexity index is 1550. The highest BCUT2D eigenvalue weighted by Crippen LogP contribution is 2.30. The molecule has 2 aliphatic rings. The Morgan fingerprint density at radius 1 is 0.932 bits per heavy atom. The van der Waals surface area contributed by atoms with E-state index in [4.69, 9.17) is 9.72 Å². The number of ether oxygens (including phenoxy) is 1. The molecule has 0 bridgehead atoms. The molecule has 1 saturated carbocycles. The first-order chi connectivity index (χ1) is 21.5. The zero-order valence-corrected chi connectivity index (χ0v) is 26.4. The highest BCUT2D eigenvalue weighted by molar-refractivity contribution is 5.97. The van der Waals surface area contributed by atoms with E-state index < -0.39 is 0 Å². The molecule has 3 heterocycles. The summed E-state index contributed by atoms with van der Waals surface area (Å²) in [6.07, 6.45) is 4.92. The molecule has 8 nitrogen and oxygen atoms in total. The van der Waals surface area contributed by atoms with Crippen LogP contribution in [0.4, 0.5) is 11.5 Å². The SMILES string of the molecule is Cc1c(C(=O)NC2CCC(Nc3cc(N(C)C)c4ccccc4n3)CC2)cc(-c2ccccc2)n1CCCN1CCOCC1. The lowest BCUT2D eigenvalue weighted by atomic mass is 9.91. The molecule has 2 N–H and O–H groups in total. The van der Waals surface area contributed by atoms with Crippen molar-refractivity contribution in [2.75, 3.05) is 57.2 Å². The Morgan fingerprint density at radius 2 is 1.64 bits per heavy atom. The van der Waals surface area contributed by atoms with Gasteiger partial charge in [0, 0.05) is 80.9 Å². The molecule has 2 aromatic carbocycles. The maximum absolute atomic E-state index is 13.7. The van der Waals surface area contributed by atoms with Gasteiger partial charge in [0.1, 0.15) is 5.82 Å². The van der Waals surface area contributed by atoms with E-state index in [0.29, 0.717) is 6.04 Å². The van der Waals surface area contributed by atoms with Crippen molar-refractivity contribution in [3.8, 4) is 11.3 Å². The van der Waals surface area contributed by atoms with Crippen LogP contribution < -0.4 is 15.5 Å². The third kappa shape index (κ3) is 6.92. The van der Waals surface area contributed by atoms with Crippen molar-refractivity contribution in [3.63, 3.8) is 0 Å². The highest BCUT2D eigenvalue weighted by Gasteiger charge is 2.26. The zero-order chi connectivity index (χ0) is 30.5. The zero-order valence-electron chi connectivity index (χ0n) is 26.4. The molecular formula is C36H46N6O2. The van der Waals surface area contributed by atoms with Crippen LogP contribution in [0, 0.1) is 6.92 Å². The first-order valence-electron chi connectivity index (χ1n) is 16.2. The van der Waals surface area contributed by atoms with E-state index in [-0.39, 0.29) is 11.9 Å². The van der Waals surface area contributed by atoms with E-state index in [1.807, 2.05) is 12.1 Å². The molecule has 2 fully saturated rings. The van der Waals surface area contributed by atoms with E-state index in [9.17, 15) is 4.79 Å². The van der Waals surface area contributed by atoms with Gasteiger partial charge in [0.15, 0.2) is 0 Å². The van der Waals surface area contributed by atoms with Crippen molar-refractivity contribution in [2.45, 2.75) is 57.7 Å². The van der Waals surface area contributed by atoms with Gasteiger partial charge >= 0.3 is 0 Å². The average Bonchev–Trinajstić information content (AvgIpc) is 3.38. The lowest BCUT2D eigenvalue weighted by Gasteiger charge is -2.30. The molecule has 1 aliphatic carbocycles. The van der Waals surface area contributed by atoms with Crippen molar-refractivity contribution >= 4 is 28.3 Å². The molecule has 44 heavy (non-hydrogen) atoms. The van der Waals surface area contributed by atoms with E-state index >= 15 is 0 Å². The summed E-state index contributed by atoms with van der Waals surface area (Å²) in [4.78, 5) is 23.2. The second-order valence-electron chi connectivity index (χ2n) is 12.5. The van der Waals surface area contributed by atoms with Gasteiger partial charge in [-0.15, -0.1) is 0 Å². The van der Waals surface area contributed by atoms with Crippen molar-refractivity contribution in [1.29, 1.82) is 0 Å². The molecule has 2 aromatic heterocycles. The molecular weight excluding hydrogens is 548 g/mol. The Hall–Kier alpha value is -3.88. The van der Waals surface area contributed by atoms with Crippen LogP contribution in [0.2, 0.25) is 0 Å². The molecule has 1 saturated heterocycles. The van der Waals surface area contributed by atoms with Crippen LogP contribution in [0.3, 0.4) is 0 Å². The summed E-state index contributed by atoms with van der Waals surface area (Å²) in [6.45, 7) is 7.65. The van der Waals surface area contributed by atoms with Crippen LogP contribution in [-0.4, -0.2) is 79.4 Å². The summed E-state index contributed by atoms with van der Waals surface area (Å²) in [6, 6.07) is 23.5. The number of hydrogen-bond acceptors (Lipinski definition) is 6. The number of pyridine rings is 1. The van der Waals surface area contributed by atoms with Gasteiger partial charge in [-0.3, -0.25) is 9.69 Å². The largest absolute Gasteiger partial charge is 0.379 e. The van der Waals surface area contributed by atoms with Crippen molar-refractivity contribution < 1.29 is 9.53 Å². The number of morpholine rings is 1. The number of nitrogens with zero attached hydrogens (tertiary/aromatic N) is 4. The number of para-hydroxylation sites is 1. The Kier molecular flexibility index (Phi) is 9.48. The summed E-state index contributed by atoms with van der Waals surface area (Å²) < 4.78 is 7.85. The molecule has 8 heteroatoms. The monoisotopic (exact) mass is 594 g/mol. The third-order valence-corrected chi connectivity index (χ3v) is 9.23. The number of fused-ring (bicyclic) bond motifs is 1. The molecule has 1 aliphatic heterocycles. The van der Waals surface area contributed by atoms with Gasteiger partial charge in [0.2, 0.25) is 0 Å². The molecule has 0 radical (unpaired) electrons. The Balaban J connectivity index is 1.09. The number of carbonyl (C=O) groups excluding carboxylic acids is 1. The van der Waals surface area contributed by atoms with Crippen molar-refractivity contribution in [3.05, 3.63) is 78.0 Å². The van der Waals surface area contributed by atoms with Crippen molar-refractivity contribution in [1.82, 2.24) is 19.8 Å². The lowest BCUT2D eigenvalue weighted by molar-refractivity contribution is 0.0369. The normalized spacial score (nSPS) is 19.2. The van der Waals surface area contributed by atoms with E-state index in [1.165, 1.54) is 0 Å². The Morgan fingerprint density at radius 3 is 2.39 bits per heavy atom. The fourth-order valence-electron chi connectivity index (χ4n) is 6.74. The van der Waals surface area contributed by atoms with Crippen LogP contribution in [0.25, 0.3) is 22.2 Å². The second kappa shape index (κ2) is 13.8. The van der Waals surface area contributed by atoms with Gasteiger partial charge in [-0.05, 0) is 56.7 Å². The number of nitrogens with one attached hydrogen (secondary N) is 2. The first kappa shape index (κ1) is 30.2. The lowest BCUT2D eigenvalue weighted by Crippen LogP contribution is -2.40. The van der Waals surface area contributed by atoms with Gasteiger partial charge in [0.05, 0.1) is 24.3 Å². The maximum Gasteiger partial charge on any atom is 0.253 e. The number of hydrogen-bond donors (Lipinski definition) is 2. The quantitative estimate of drug-likeness (QED) is 0.236. The van der Waals surface area contributed by atoms with Crippen LogP contribution >= 0.6 is 0 Å². The number of amides is 1. The predicted octanol–water partition coefficient (Wildman–Crippen LogP) is 5.95. The highest BCUT2D eigenvalue weighted by atomic mass is 16.5. The van der Waals surface area contributed by atoms with E-state index in [0.717, 1.165) is 116 Å². The first-order valence-corrected chi connectivity index (χ1v) is 16.2. The maximum atomic E-state index is 13.7. The number of benzene rings is 2. The molecule has 0 spiro atoms. The summed E-state index contributed by atoms with van der Waals surface area (Å²) in [7, 11) is 4.15. The summed E-state index contributed by atoms with van der Waals surface area (Å²) in [5, 5.41) is 8.23. The molecule has 232 valence electrons. The smallest absolute Gasteiger partial charge is 0.253 e. The van der Waals surface area contributed by atoms with Gasteiger partial charge < -0.3 is 24.8 Å². The fraction of sp³-hybridized carbons (Fsp3) is 0.444. The topological polar surface area (TPSA) is 74.7 Å². The van der Waals surface area contributed by atoms with Gasteiger partial charge in [0.25, 0.3) is 5.91 Å². The van der Waals surface area contributed by atoms with E-state index in [1.54, 1.807) is 0 Å². The van der Waals surface area contributed by atoms with Crippen LogP contribution in [0.1, 0.15) is 48.2 Å². The summed E-state index contributed by atoms with van der Waals surface area (Å²) >= 11 is 0. The molecule has 0 unspecified atom stereocenters. The van der Waals surface area contributed by atoms with Gasteiger partial charge in [-0.25, -0.2) is 4.98 Å². The standard InChI is InChI=1S/C36H46N6O2/c1-26-31(24-33(27-10-5-4-6-11-27)42(26)19-9-18-41-20-22-44-23-21-41)36(43)38-29-16-14-28(15-17-29)37-35-25-34(40(2)3)30-12-7-8-13-32(30)39-35/h4-8,10-13,24-25,28-29H,9,14-23H2,1-3H3,(H,37,39)(H,38,43). The van der Waals surface area contributed by atoms with Gasteiger partial charge in [-0.2, -0.15) is 0 Å². The van der Waals surface area contributed by atoms with Crippen molar-refractivity contribution in [2.24, 2.45) is 0 Å². The van der Waals surface area contributed by atoms with Gasteiger partial charge in [-0.1, -0.05) is 48.5 Å². The molecule has 0 atom stereocenters. The molecule has 1 amide bonds. The number of rotatable bonds is 10. The number of carbonyl (C=O) groups is 1. The minimum atomic E-state index is 0.0369.